The molecule has 1 unspecified atom stereocenters. The molecule has 1 heterocycles. The van der Waals surface area contributed by atoms with Crippen LogP contribution in [0.1, 0.15) is 40.5 Å². The van der Waals surface area contributed by atoms with Crippen LogP contribution in [0.25, 0.3) is 0 Å². The lowest BCUT2D eigenvalue weighted by Crippen LogP contribution is -2.24. The second kappa shape index (κ2) is 7.33. The summed E-state index contributed by atoms with van der Waals surface area (Å²) < 4.78 is 5.73. The number of nitrogens with two attached hydrogens (primary N) is 1. The van der Waals surface area contributed by atoms with Gasteiger partial charge in [-0.3, -0.25) is 0 Å². The van der Waals surface area contributed by atoms with Crippen LogP contribution in [-0.2, 0) is 0 Å². The highest BCUT2D eigenvalue weighted by Gasteiger charge is 2.15. The summed E-state index contributed by atoms with van der Waals surface area (Å²) in [5.74, 6) is 1.57. The third kappa shape index (κ3) is 6.10. The normalized spacial score (nSPS) is 13.1. The average molecular weight is 281 g/mol. The Morgan fingerprint density at radius 3 is 2.70 bits per heavy atom. The molecule has 0 saturated carbocycles. The third-order valence-electron chi connectivity index (χ3n) is 2.78. The summed E-state index contributed by atoms with van der Waals surface area (Å²) in [6.45, 7) is 8.98. The van der Waals surface area contributed by atoms with Gasteiger partial charge in [0.1, 0.15) is 11.4 Å². The van der Waals surface area contributed by atoms with E-state index in [0.717, 1.165) is 25.2 Å². The fraction of sp³-hybridized carbons (Fsp3) is 0.667. The number of hydrogen-bond donors (Lipinski definition) is 3. The number of aliphatic hydroxyl groups is 1. The Kier molecular flexibility index (Phi) is 6.07. The summed E-state index contributed by atoms with van der Waals surface area (Å²) in [5, 5.41) is 12.2. The highest BCUT2D eigenvalue weighted by atomic mass is 16.5. The van der Waals surface area contributed by atoms with E-state index < -0.39 is 0 Å². The number of nitrogens with zero attached hydrogens (tertiary/aromatic N) is 1. The van der Waals surface area contributed by atoms with Crippen LogP contribution in [-0.4, -0.2) is 28.8 Å². The number of ether oxygens (including phenoxy) is 1. The lowest BCUT2D eigenvalue weighted by atomic mass is 10.1. The first kappa shape index (κ1) is 16.6. The Morgan fingerprint density at radius 1 is 1.40 bits per heavy atom. The molecule has 0 aromatic carbocycles. The van der Waals surface area contributed by atoms with Crippen LogP contribution in [0.15, 0.2) is 12.1 Å². The van der Waals surface area contributed by atoms with Crippen molar-refractivity contribution in [2.24, 2.45) is 5.92 Å². The number of aliphatic hydroxyl groups excluding tert-OH is 1. The van der Waals surface area contributed by atoms with Crippen LogP contribution < -0.4 is 15.8 Å². The number of hydrogen-bond acceptors (Lipinski definition) is 5. The lowest BCUT2D eigenvalue weighted by molar-refractivity contribution is 0.125. The van der Waals surface area contributed by atoms with Crippen LogP contribution in [0.3, 0.4) is 0 Å². The number of rotatable bonds is 7. The molecule has 0 aliphatic carbocycles. The molecule has 5 heteroatoms. The van der Waals surface area contributed by atoms with E-state index in [1.807, 2.05) is 33.8 Å². The molecule has 0 fully saturated rings. The first-order valence-corrected chi connectivity index (χ1v) is 7.12. The Labute approximate surface area is 121 Å². The van der Waals surface area contributed by atoms with Gasteiger partial charge in [0, 0.05) is 13.2 Å². The van der Waals surface area contributed by atoms with Crippen LogP contribution in [0.2, 0.25) is 0 Å². The van der Waals surface area contributed by atoms with Crippen LogP contribution in [0, 0.1) is 5.92 Å². The zero-order valence-electron chi connectivity index (χ0n) is 12.9. The van der Waals surface area contributed by atoms with E-state index in [2.05, 4.69) is 10.3 Å². The van der Waals surface area contributed by atoms with Gasteiger partial charge >= 0.3 is 0 Å². The van der Waals surface area contributed by atoms with E-state index in [1.54, 1.807) is 6.07 Å². The predicted octanol–water partition coefficient (Wildman–Crippen LogP) is 2.66. The zero-order chi connectivity index (χ0) is 15.2. The Balaban J connectivity index is 2.53. The summed E-state index contributed by atoms with van der Waals surface area (Å²) >= 11 is 0. The van der Waals surface area contributed by atoms with Crippen LogP contribution >= 0.6 is 0 Å². The van der Waals surface area contributed by atoms with Gasteiger partial charge in [0.15, 0.2) is 0 Å². The summed E-state index contributed by atoms with van der Waals surface area (Å²) in [7, 11) is 0. The maximum Gasteiger partial charge on any atom is 0.239 e. The predicted molar refractivity (Wildman–Crippen MR) is 83.0 cm³/mol. The van der Waals surface area contributed by atoms with Crippen LogP contribution in [0.4, 0.5) is 11.5 Å². The fourth-order valence-corrected chi connectivity index (χ4v) is 1.68. The van der Waals surface area contributed by atoms with Crippen molar-refractivity contribution in [3.05, 3.63) is 12.1 Å². The van der Waals surface area contributed by atoms with E-state index in [9.17, 15) is 0 Å². The van der Waals surface area contributed by atoms with Gasteiger partial charge in [0.2, 0.25) is 5.88 Å². The first-order valence-electron chi connectivity index (χ1n) is 7.12. The molecule has 1 aromatic rings. The zero-order valence-corrected chi connectivity index (χ0v) is 12.9. The molecule has 0 spiro atoms. The number of nitrogen functional groups attached to an aromatic ring is 1. The van der Waals surface area contributed by atoms with Gasteiger partial charge < -0.3 is 20.9 Å². The number of pyridine rings is 1. The topological polar surface area (TPSA) is 80.4 Å². The first-order chi connectivity index (χ1) is 9.31. The smallest absolute Gasteiger partial charge is 0.239 e. The minimum atomic E-state index is -0.323. The number of aromatic nitrogens is 1. The molecule has 0 bridgehead atoms. The Bertz CT molecular complexity index is 416. The standard InChI is InChI=1S/C15H27N3O2/c1-11(10-19)6-5-9-17-13-8-7-12(16)14(18-13)20-15(2,3)4/h7-8,11,19H,5-6,9-10,16H2,1-4H3,(H,17,18). The molecule has 4 N–H and O–H groups in total. The summed E-state index contributed by atoms with van der Waals surface area (Å²) in [6, 6.07) is 3.65. The van der Waals surface area contributed by atoms with Crippen molar-refractivity contribution in [1.82, 2.24) is 4.98 Å². The van der Waals surface area contributed by atoms with Gasteiger partial charge in [-0.2, -0.15) is 4.98 Å². The summed E-state index contributed by atoms with van der Waals surface area (Å²) in [4.78, 5) is 4.39. The number of anilines is 2. The van der Waals surface area contributed by atoms with E-state index in [1.165, 1.54) is 0 Å². The highest BCUT2D eigenvalue weighted by Crippen LogP contribution is 2.24. The largest absolute Gasteiger partial charge is 0.470 e. The van der Waals surface area contributed by atoms with Crippen molar-refractivity contribution in [3.63, 3.8) is 0 Å². The van der Waals surface area contributed by atoms with Crippen LogP contribution in [0.5, 0.6) is 5.88 Å². The average Bonchev–Trinajstić information content (AvgIpc) is 2.36. The Hall–Kier alpha value is -1.49. The van der Waals surface area contributed by atoms with Crippen molar-refractivity contribution >= 4 is 11.5 Å². The maximum absolute atomic E-state index is 8.96. The molecule has 20 heavy (non-hydrogen) atoms. The molecule has 1 rings (SSSR count). The highest BCUT2D eigenvalue weighted by molar-refractivity contribution is 5.53. The van der Waals surface area contributed by atoms with Crippen molar-refractivity contribution in [3.8, 4) is 5.88 Å². The third-order valence-corrected chi connectivity index (χ3v) is 2.78. The van der Waals surface area contributed by atoms with E-state index in [4.69, 9.17) is 15.6 Å². The minimum absolute atomic E-state index is 0.240. The molecule has 0 aliphatic heterocycles. The maximum atomic E-state index is 8.96. The van der Waals surface area contributed by atoms with Gasteiger partial charge in [0.25, 0.3) is 0 Å². The van der Waals surface area contributed by atoms with Crippen molar-refractivity contribution in [1.29, 1.82) is 0 Å². The number of nitrogens with one attached hydrogen (secondary N) is 1. The molecule has 0 aliphatic rings. The van der Waals surface area contributed by atoms with E-state index in [0.29, 0.717) is 17.5 Å². The van der Waals surface area contributed by atoms with Gasteiger partial charge in [0.05, 0.1) is 5.69 Å². The molecule has 5 nitrogen and oxygen atoms in total. The second-order valence-corrected chi connectivity index (χ2v) is 6.16. The van der Waals surface area contributed by atoms with Gasteiger partial charge in [-0.25, -0.2) is 0 Å². The molecular formula is C15H27N3O2. The van der Waals surface area contributed by atoms with Gasteiger partial charge in [-0.05, 0) is 51.7 Å². The molecule has 1 aromatic heterocycles. The molecule has 1 atom stereocenters. The molecule has 0 saturated heterocycles. The summed E-state index contributed by atoms with van der Waals surface area (Å²) in [6.07, 6.45) is 1.98. The molecule has 0 amide bonds. The molecule has 114 valence electrons. The van der Waals surface area contributed by atoms with Crippen molar-refractivity contribution < 1.29 is 9.84 Å². The quantitative estimate of drug-likeness (QED) is 0.669. The SMILES string of the molecule is CC(CO)CCCNc1ccc(N)c(OC(C)(C)C)n1. The summed E-state index contributed by atoms with van der Waals surface area (Å²) in [5.41, 5.74) is 6.08. The second-order valence-electron chi connectivity index (χ2n) is 6.16. The minimum Gasteiger partial charge on any atom is -0.470 e. The van der Waals surface area contributed by atoms with Gasteiger partial charge in [-0.1, -0.05) is 6.92 Å². The molecular weight excluding hydrogens is 254 g/mol. The van der Waals surface area contributed by atoms with Crippen molar-refractivity contribution in [2.75, 3.05) is 24.2 Å². The fourth-order valence-electron chi connectivity index (χ4n) is 1.68. The molecule has 0 radical (unpaired) electrons. The van der Waals surface area contributed by atoms with E-state index in [-0.39, 0.29) is 12.2 Å². The monoisotopic (exact) mass is 281 g/mol. The van der Waals surface area contributed by atoms with E-state index >= 15 is 0 Å². The lowest BCUT2D eigenvalue weighted by Gasteiger charge is -2.21. The van der Waals surface area contributed by atoms with Crippen molar-refractivity contribution in [2.45, 2.75) is 46.1 Å². The Morgan fingerprint density at radius 2 is 2.10 bits per heavy atom. The van der Waals surface area contributed by atoms with Gasteiger partial charge in [-0.15, -0.1) is 0 Å².